The van der Waals surface area contributed by atoms with E-state index in [0.717, 1.165) is 32.1 Å². The largest absolute Gasteiger partial charge is 0.379 e. The fourth-order valence-corrected chi connectivity index (χ4v) is 2.43. The van der Waals surface area contributed by atoms with Crippen LogP contribution in [0.5, 0.6) is 0 Å². The zero-order valence-electron chi connectivity index (χ0n) is 14.0. The third kappa shape index (κ3) is 6.41. The zero-order chi connectivity index (χ0) is 17.2. The Balaban J connectivity index is 1.58. The van der Waals surface area contributed by atoms with Gasteiger partial charge in [-0.2, -0.15) is 0 Å². The summed E-state index contributed by atoms with van der Waals surface area (Å²) in [5.74, 6) is -0.428. The van der Waals surface area contributed by atoms with E-state index < -0.39 is 11.6 Å². The minimum absolute atomic E-state index is 0.230. The number of nitrogens with one attached hydrogen (secondary N) is 2. The lowest BCUT2D eigenvalue weighted by atomic mass is 10.1. The van der Waals surface area contributed by atoms with E-state index in [1.807, 2.05) is 0 Å². The number of aliphatic imine (C=N–C) groups is 1. The highest BCUT2D eigenvalue weighted by Crippen LogP contribution is 2.09. The minimum atomic E-state index is -0.562. The molecular weight excluding hydrogens is 316 g/mol. The van der Waals surface area contributed by atoms with E-state index in [1.54, 1.807) is 7.05 Å². The second-order valence-corrected chi connectivity index (χ2v) is 5.62. The summed E-state index contributed by atoms with van der Waals surface area (Å²) in [7, 11) is 1.68. The van der Waals surface area contributed by atoms with Crippen molar-refractivity contribution in [1.29, 1.82) is 0 Å². The Bertz CT molecular complexity index is 535. The van der Waals surface area contributed by atoms with Gasteiger partial charge in [0.1, 0.15) is 11.6 Å². The second kappa shape index (κ2) is 10.2. The lowest BCUT2D eigenvalue weighted by Gasteiger charge is -2.13. The molecule has 134 valence electrons. The van der Waals surface area contributed by atoms with Gasteiger partial charge in [0.25, 0.3) is 0 Å². The van der Waals surface area contributed by atoms with Crippen molar-refractivity contribution in [1.82, 2.24) is 10.6 Å². The molecule has 0 saturated carbocycles. The molecule has 1 saturated heterocycles. The van der Waals surface area contributed by atoms with Crippen LogP contribution < -0.4 is 10.6 Å². The second-order valence-electron chi connectivity index (χ2n) is 5.62. The Labute approximate surface area is 141 Å². The fourth-order valence-electron chi connectivity index (χ4n) is 2.43. The number of rotatable bonds is 8. The predicted molar refractivity (Wildman–Crippen MR) is 89.2 cm³/mol. The Kier molecular flexibility index (Phi) is 7.91. The van der Waals surface area contributed by atoms with Crippen LogP contribution in [-0.2, 0) is 15.9 Å². The highest BCUT2D eigenvalue weighted by atomic mass is 19.1. The molecular formula is C17H25F2N3O2. The summed E-state index contributed by atoms with van der Waals surface area (Å²) >= 11 is 0. The van der Waals surface area contributed by atoms with E-state index >= 15 is 0 Å². The summed E-state index contributed by atoms with van der Waals surface area (Å²) in [5.41, 5.74) is 0.478. The molecule has 1 aliphatic rings. The van der Waals surface area contributed by atoms with Crippen LogP contribution >= 0.6 is 0 Å². The molecule has 7 heteroatoms. The SMILES string of the molecule is CN=C(NCCCOC1CCOC1)NCCc1ccc(F)cc1F. The monoisotopic (exact) mass is 341 g/mol. The summed E-state index contributed by atoms with van der Waals surface area (Å²) in [6.45, 7) is 3.40. The van der Waals surface area contributed by atoms with Crippen LogP contribution in [0.15, 0.2) is 23.2 Å². The Hall–Kier alpha value is -1.73. The van der Waals surface area contributed by atoms with Crippen molar-refractivity contribution < 1.29 is 18.3 Å². The first-order valence-electron chi connectivity index (χ1n) is 8.27. The highest BCUT2D eigenvalue weighted by Gasteiger charge is 2.15. The summed E-state index contributed by atoms with van der Waals surface area (Å²) in [4.78, 5) is 4.11. The molecule has 1 aliphatic heterocycles. The van der Waals surface area contributed by atoms with Crippen LogP contribution in [0, 0.1) is 11.6 Å². The predicted octanol–water partition coefficient (Wildman–Crippen LogP) is 1.87. The number of guanidine groups is 1. The van der Waals surface area contributed by atoms with Crippen molar-refractivity contribution in [2.24, 2.45) is 4.99 Å². The lowest BCUT2D eigenvalue weighted by molar-refractivity contribution is 0.0420. The van der Waals surface area contributed by atoms with Gasteiger partial charge >= 0.3 is 0 Å². The highest BCUT2D eigenvalue weighted by molar-refractivity contribution is 5.79. The van der Waals surface area contributed by atoms with Gasteiger partial charge in [-0.3, -0.25) is 4.99 Å². The van der Waals surface area contributed by atoms with Gasteiger partial charge in [0, 0.05) is 39.4 Å². The summed E-state index contributed by atoms with van der Waals surface area (Å²) in [6, 6.07) is 3.63. The van der Waals surface area contributed by atoms with Crippen LogP contribution in [0.4, 0.5) is 8.78 Å². The van der Waals surface area contributed by atoms with Gasteiger partial charge in [-0.15, -0.1) is 0 Å². The number of nitrogens with zero attached hydrogens (tertiary/aromatic N) is 1. The van der Waals surface area contributed by atoms with Crippen molar-refractivity contribution in [3.8, 4) is 0 Å². The first-order chi connectivity index (χ1) is 11.7. The van der Waals surface area contributed by atoms with E-state index in [4.69, 9.17) is 9.47 Å². The van der Waals surface area contributed by atoms with Gasteiger partial charge in [0.15, 0.2) is 5.96 Å². The maximum atomic E-state index is 13.5. The van der Waals surface area contributed by atoms with Gasteiger partial charge < -0.3 is 20.1 Å². The van der Waals surface area contributed by atoms with Crippen molar-refractivity contribution >= 4 is 5.96 Å². The quantitative estimate of drug-likeness (QED) is 0.431. The van der Waals surface area contributed by atoms with Crippen LogP contribution in [0.25, 0.3) is 0 Å². The number of hydrogen-bond donors (Lipinski definition) is 2. The van der Waals surface area contributed by atoms with Crippen LogP contribution in [0.2, 0.25) is 0 Å². The topological polar surface area (TPSA) is 54.9 Å². The first-order valence-corrected chi connectivity index (χ1v) is 8.27. The van der Waals surface area contributed by atoms with Gasteiger partial charge in [-0.1, -0.05) is 6.07 Å². The van der Waals surface area contributed by atoms with E-state index in [0.29, 0.717) is 37.7 Å². The summed E-state index contributed by atoms with van der Waals surface area (Å²) < 4.78 is 37.3. The molecule has 0 amide bonds. The van der Waals surface area contributed by atoms with Crippen molar-refractivity contribution in [2.75, 3.05) is 40.0 Å². The Morgan fingerprint density at radius 1 is 1.33 bits per heavy atom. The van der Waals surface area contributed by atoms with Gasteiger partial charge in [0.2, 0.25) is 0 Å². The van der Waals surface area contributed by atoms with Gasteiger partial charge in [-0.25, -0.2) is 8.78 Å². The van der Waals surface area contributed by atoms with Gasteiger partial charge in [-0.05, 0) is 30.9 Å². The molecule has 1 atom stereocenters. The van der Waals surface area contributed by atoms with Crippen molar-refractivity contribution in [2.45, 2.75) is 25.4 Å². The molecule has 0 aliphatic carbocycles. The van der Waals surface area contributed by atoms with Crippen LogP contribution in [0.1, 0.15) is 18.4 Å². The molecule has 1 heterocycles. The minimum Gasteiger partial charge on any atom is -0.379 e. The number of ether oxygens (including phenoxy) is 2. The smallest absolute Gasteiger partial charge is 0.190 e. The molecule has 5 nitrogen and oxygen atoms in total. The normalized spacial score (nSPS) is 18.0. The molecule has 2 rings (SSSR count). The molecule has 24 heavy (non-hydrogen) atoms. The molecule has 0 radical (unpaired) electrons. The molecule has 2 N–H and O–H groups in total. The third-order valence-corrected chi connectivity index (χ3v) is 3.78. The molecule has 0 bridgehead atoms. The number of hydrogen-bond acceptors (Lipinski definition) is 3. The number of halogens is 2. The maximum Gasteiger partial charge on any atom is 0.190 e. The van der Waals surface area contributed by atoms with E-state index in [-0.39, 0.29) is 6.10 Å². The standard InChI is InChI=1S/C17H25F2N3O2/c1-20-17(21-7-2-9-24-15-6-10-23-12-15)22-8-5-13-3-4-14(18)11-16(13)19/h3-4,11,15H,2,5-10,12H2,1H3,(H2,20,21,22). The summed E-state index contributed by atoms with van der Waals surface area (Å²) in [5, 5.41) is 6.29. The Morgan fingerprint density at radius 2 is 2.17 bits per heavy atom. The molecule has 1 aromatic rings. The van der Waals surface area contributed by atoms with Crippen molar-refractivity contribution in [3.63, 3.8) is 0 Å². The molecule has 1 fully saturated rings. The van der Waals surface area contributed by atoms with Crippen LogP contribution in [-0.4, -0.2) is 52.0 Å². The van der Waals surface area contributed by atoms with Crippen molar-refractivity contribution in [3.05, 3.63) is 35.4 Å². The Morgan fingerprint density at radius 3 is 2.88 bits per heavy atom. The molecule has 0 spiro atoms. The molecule has 0 aromatic heterocycles. The van der Waals surface area contributed by atoms with Gasteiger partial charge in [0.05, 0.1) is 12.7 Å². The zero-order valence-corrected chi connectivity index (χ0v) is 14.0. The number of benzene rings is 1. The average Bonchev–Trinajstić information content (AvgIpc) is 3.08. The maximum absolute atomic E-state index is 13.5. The first kappa shape index (κ1) is 18.6. The summed E-state index contributed by atoms with van der Waals surface area (Å²) in [6.07, 6.45) is 2.52. The average molecular weight is 341 g/mol. The van der Waals surface area contributed by atoms with E-state index in [1.165, 1.54) is 12.1 Å². The molecule has 1 aromatic carbocycles. The van der Waals surface area contributed by atoms with Crippen LogP contribution in [0.3, 0.4) is 0 Å². The van der Waals surface area contributed by atoms with E-state index in [2.05, 4.69) is 15.6 Å². The third-order valence-electron chi connectivity index (χ3n) is 3.78. The molecule has 1 unspecified atom stereocenters. The van der Waals surface area contributed by atoms with E-state index in [9.17, 15) is 8.78 Å². The fraction of sp³-hybridized carbons (Fsp3) is 0.588. The lowest BCUT2D eigenvalue weighted by Crippen LogP contribution is -2.39.